The number of likely N-dealkylation sites (tertiary alicyclic amines) is 2. The van der Waals surface area contributed by atoms with Gasteiger partial charge in [0, 0.05) is 48.2 Å². The van der Waals surface area contributed by atoms with Gasteiger partial charge in [0.15, 0.2) is 5.76 Å². The van der Waals surface area contributed by atoms with E-state index in [0.717, 1.165) is 66.6 Å². The Bertz CT molecular complexity index is 1270. The summed E-state index contributed by atoms with van der Waals surface area (Å²) in [6.07, 6.45) is 11.0. The highest BCUT2D eigenvalue weighted by molar-refractivity contribution is 6.04. The fraction of sp³-hybridized carbons (Fsp3) is 0.414. The Morgan fingerprint density at radius 3 is 2.44 bits per heavy atom. The molecule has 2 fully saturated rings. The van der Waals surface area contributed by atoms with Crippen LogP contribution >= 0.6 is 0 Å². The summed E-state index contributed by atoms with van der Waals surface area (Å²) < 4.78 is 6.32. The summed E-state index contributed by atoms with van der Waals surface area (Å²) in [7, 11) is 0. The molecule has 0 unspecified atom stereocenters. The average Bonchev–Trinajstić information content (AvgIpc) is 3.58. The molecular weight excluding hydrogens is 452 g/mol. The van der Waals surface area contributed by atoms with Crippen molar-refractivity contribution in [1.29, 1.82) is 0 Å². The number of oxime groups is 1. The van der Waals surface area contributed by atoms with Crippen LogP contribution in [0.25, 0.3) is 22.5 Å². The fourth-order valence-corrected chi connectivity index (χ4v) is 6.05. The fourth-order valence-electron chi connectivity index (χ4n) is 6.05. The van der Waals surface area contributed by atoms with Crippen LogP contribution in [0.1, 0.15) is 60.2 Å². The predicted molar refractivity (Wildman–Crippen MR) is 138 cm³/mol. The zero-order valence-electron chi connectivity index (χ0n) is 20.5. The van der Waals surface area contributed by atoms with Crippen molar-refractivity contribution in [3.05, 3.63) is 65.7 Å². The first-order chi connectivity index (χ1) is 17.7. The summed E-state index contributed by atoms with van der Waals surface area (Å²) in [4.78, 5) is 22.3. The molecule has 186 valence electrons. The lowest BCUT2D eigenvalue weighted by atomic mass is 9.99. The van der Waals surface area contributed by atoms with E-state index in [2.05, 4.69) is 21.1 Å². The topological polar surface area (TPSA) is 82.2 Å². The van der Waals surface area contributed by atoms with Crippen LogP contribution < -0.4 is 0 Å². The number of nitrogens with zero attached hydrogens (tertiary/aromatic N) is 4. The lowest BCUT2D eigenvalue weighted by Gasteiger charge is -2.40. The van der Waals surface area contributed by atoms with Crippen LogP contribution in [0.2, 0.25) is 0 Å². The van der Waals surface area contributed by atoms with Gasteiger partial charge in [0.05, 0.1) is 5.71 Å². The molecule has 7 nitrogen and oxygen atoms in total. The molecule has 0 bridgehead atoms. The summed E-state index contributed by atoms with van der Waals surface area (Å²) in [6, 6.07) is 12.4. The largest absolute Gasteiger partial charge is 0.450 e. The minimum absolute atomic E-state index is 0.0375. The van der Waals surface area contributed by atoms with Crippen molar-refractivity contribution in [3.8, 4) is 22.5 Å². The van der Waals surface area contributed by atoms with E-state index in [1.54, 1.807) is 12.4 Å². The Morgan fingerprint density at radius 2 is 1.69 bits per heavy atom. The van der Waals surface area contributed by atoms with E-state index in [1.165, 1.54) is 32.4 Å². The van der Waals surface area contributed by atoms with Crippen molar-refractivity contribution in [2.24, 2.45) is 5.16 Å². The second-order valence-electron chi connectivity index (χ2n) is 10.1. The third-order valence-electron chi connectivity index (χ3n) is 8.02. The maximum Gasteiger partial charge on any atom is 0.289 e. The molecule has 0 radical (unpaired) electrons. The Morgan fingerprint density at radius 1 is 0.917 bits per heavy atom. The molecule has 2 aliphatic heterocycles. The number of fused-ring (bicyclic) bond motifs is 1. The Labute approximate surface area is 211 Å². The number of aryl methyl sites for hydroxylation is 1. The molecule has 0 atom stereocenters. The number of furan rings is 1. The average molecular weight is 485 g/mol. The number of rotatable bonds is 4. The molecule has 7 heteroatoms. The number of amides is 1. The van der Waals surface area contributed by atoms with Crippen LogP contribution in [0, 0.1) is 0 Å². The number of piperidine rings is 2. The highest BCUT2D eigenvalue weighted by Gasteiger charge is 2.30. The van der Waals surface area contributed by atoms with Crippen LogP contribution in [0.4, 0.5) is 0 Å². The van der Waals surface area contributed by atoms with Crippen molar-refractivity contribution in [2.75, 3.05) is 26.2 Å². The van der Waals surface area contributed by atoms with Crippen molar-refractivity contribution in [3.63, 3.8) is 0 Å². The first kappa shape index (κ1) is 23.0. The quantitative estimate of drug-likeness (QED) is 0.405. The second kappa shape index (κ2) is 9.90. The molecule has 6 rings (SSSR count). The van der Waals surface area contributed by atoms with Crippen LogP contribution in [-0.4, -0.2) is 63.8 Å². The number of aromatic nitrogens is 1. The molecule has 1 aliphatic carbocycles. The zero-order chi connectivity index (χ0) is 24.5. The molecule has 0 spiro atoms. The summed E-state index contributed by atoms with van der Waals surface area (Å²) in [6.45, 7) is 3.93. The molecular formula is C29H32N4O3. The SMILES string of the molecule is O=C(c1cc(-c2ccncc2)c(-c2ccc3c(c2)CCC3=NO)o1)N1CCC(N2CCCCC2)CC1. The maximum absolute atomic E-state index is 13.5. The van der Waals surface area contributed by atoms with E-state index in [1.807, 2.05) is 35.2 Å². The van der Waals surface area contributed by atoms with Crippen LogP contribution in [-0.2, 0) is 6.42 Å². The van der Waals surface area contributed by atoms with Gasteiger partial charge in [-0.1, -0.05) is 23.7 Å². The standard InChI is InChI=1S/C29H32N4O3/c34-29(33-16-10-23(11-17-33)32-14-2-1-3-15-32)27-19-25(20-8-12-30-13-9-20)28(36-27)22-4-6-24-21(18-22)5-7-26(24)31-35/h4,6,8-9,12-13,18-19,23,35H,1-3,5,7,10-11,14-17H2. The van der Waals surface area contributed by atoms with Crippen molar-refractivity contribution < 1.29 is 14.4 Å². The minimum atomic E-state index is -0.0375. The monoisotopic (exact) mass is 484 g/mol. The number of hydrogen-bond acceptors (Lipinski definition) is 6. The Kier molecular flexibility index (Phi) is 6.32. The molecule has 0 saturated carbocycles. The van der Waals surface area contributed by atoms with Gasteiger partial charge < -0.3 is 19.4 Å². The maximum atomic E-state index is 13.5. The van der Waals surface area contributed by atoms with E-state index < -0.39 is 0 Å². The summed E-state index contributed by atoms with van der Waals surface area (Å²) in [5.74, 6) is 1.03. The summed E-state index contributed by atoms with van der Waals surface area (Å²) in [5.41, 5.74) is 5.59. The van der Waals surface area contributed by atoms with Gasteiger partial charge in [-0.25, -0.2) is 0 Å². The molecule has 2 saturated heterocycles. The van der Waals surface area contributed by atoms with Gasteiger partial charge in [0.1, 0.15) is 5.76 Å². The first-order valence-corrected chi connectivity index (χ1v) is 13.1. The molecule has 3 aromatic rings. The van der Waals surface area contributed by atoms with Gasteiger partial charge in [-0.15, -0.1) is 0 Å². The molecule has 36 heavy (non-hydrogen) atoms. The van der Waals surface area contributed by atoms with Gasteiger partial charge in [0.25, 0.3) is 5.91 Å². The molecule has 2 aromatic heterocycles. The molecule has 3 aliphatic rings. The number of pyridine rings is 1. The number of hydrogen-bond donors (Lipinski definition) is 1. The second-order valence-corrected chi connectivity index (χ2v) is 10.1. The number of benzene rings is 1. The highest BCUT2D eigenvalue weighted by Crippen LogP contribution is 2.38. The lowest BCUT2D eigenvalue weighted by Crippen LogP contribution is -2.48. The molecule has 1 aromatic carbocycles. The normalized spacial score (nSPS) is 20.1. The van der Waals surface area contributed by atoms with Gasteiger partial charge >= 0.3 is 0 Å². The van der Waals surface area contributed by atoms with Gasteiger partial charge in [-0.3, -0.25) is 9.78 Å². The van der Waals surface area contributed by atoms with Gasteiger partial charge in [-0.05, 0) is 87.0 Å². The van der Waals surface area contributed by atoms with Crippen molar-refractivity contribution in [2.45, 2.75) is 51.0 Å². The van der Waals surface area contributed by atoms with E-state index in [9.17, 15) is 10.0 Å². The van der Waals surface area contributed by atoms with Gasteiger partial charge in [0.2, 0.25) is 0 Å². The van der Waals surface area contributed by atoms with E-state index in [0.29, 0.717) is 23.3 Å². The Hall–Kier alpha value is -3.45. The lowest BCUT2D eigenvalue weighted by molar-refractivity contribution is 0.0563. The van der Waals surface area contributed by atoms with Crippen molar-refractivity contribution >= 4 is 11.6 Å². The molecule has 1 amide bonds. The molecule has 1 N–H and O–H groups in total. The smallest absolute Gasteiger partial charge is 0.289 e. The van der Waals surface area contributed by atoms with E-state index in [4.69, 9.17) is 4.42 Å². The first-order valence-electron chi connectivity index (χ1n) is 13.1. The van der Waals surface area contributed by atoms with Gasteiger partial charge in [-0.2, -0.15) is 0 Å². The summed E-state index contributed by atoms with van der Waals surface area (Å²) in [5, 5.41) is 12.7. The zero-order valence-corrected chi connectivity index (χ0v) is 20.5. The van der Waals surface area contributed by atoms with Crippen LogP contribution in [0.5, 0.6) is 0 Å². The third-order valence-corrected chi connectivity index (χ3v) is 8.02. The van der Waals surface area contributed by atoms with Crippen LogP contribution in [0.15, 0.2) is 58.4 Å². The number of carbonyl (C=O) groups excluding carboxylic acids is 1. The Balaban J connectivity index is 1.27. The third kappa shape index (κ3) is 4.32. The van der Waals surface area contributed by atoms with Crippen molar-refractivity contribution in [1.82, 2.24) is 14.8 Å². The van der Waals surface area contributed by atoms with E-state index in [-0.39, 0.29) is 5.91 Å². The molecule has 4 heterocycles. The predicted octanol–water partition coefficient (Wildman–Crippen LogP) is 5.22. The highest BCUT2D eigenvalue weighted by atomic mass is 16.4. The van der Waals surface area contributed by atoms with E-state index >= 15 is 0 Å². The minimum Gasteiger partial charge on any atom is -0.450 e. The van der Waals surface area contributed by atoms with Crippen LogP contribution in [0.3, 0.4) is 0 Å². The number of carbonyl (C=O) groups is 1. The summed E-state index contributed by atoms with van der Waals surface area (Å²) >= 11 is 0.